The van der Waals surface area contributed by atoms with Gasteiger partial charge in [0.05, 0.1) is 0 Å². The maximum absolute atomic E-state index is 12.7. The molecule has 4 nitrogen and oxygen atoms in total. The number of carbonyl (C=O) groups excluding carboxylic acids is 1. The van der Waals surface area contributed by atoms with Crippen LogP contribution in [-0.4, -0.2) is 35.9 Å². The standard InChI is InChI=1S/C27H35N3O.ClH/c1-20(17-22-19-28-25-12-8-7-11-24(22)25)29-26(31)18-21-13-15-27(16-14-21,30(2)3)23-9-5-4-6-10-23;/h4-12,19-21,28H,13-18H2,1-3H3,(H,29,31);1H. The summed E-state index contributed by atoms with van der Waals surface area (Å²) < 4.78 is 0. The average molecular weight is 454 g/mol. The molecular weight excluding hydrogens is 418 g/mol. The van der Waals surface area contributed by atoms with E-state index < -0.39 is 0 Å². The molecule has 1 atom stereocenters. The Balaban J connectivity index is 0.00000289. The first-order valence-corrected chi connectivity index (χ1v) is 11.6. The largest absolute Gasteiger partial charge is 0.361 e. The number of nitrogens with one attached hydrogen (secondary N) is 2. The van der Waals surface area contributed by atoms with E-state index in [-0.39, 0.29) is 29.9 Å². The van der Waals surface area contributed by atoms with Gasteiger partial charge >= 0.3 is 0 Å². The summed E-state index contributed by atoms with van der Waals surface area (Å²) in [5.41, 5.74) is 3.91. The van der Waals surface area contributed by atoms with Crippen molar-refractivity contribution in [3.63, 3.8) is 0 Å². The summed E-state index contributed by atoms with van der Waals surface area (Å²) in [6, 6.07) is 19.3. The number of para-hydroxylation sites is 1. The smallest absolute Gasteiger partial charge is 0.220 e. The summed E-state index contributed by atoms with van der Waals surface area (Å²) in [5, 5.41) is 4.49. The molecule has 0 radical (unpaired) electrons. The van der Waals surface area contributed by atoms with E-state index in [1.165, 1.54) is 16.5 Å². The molecule has 1 fully saturated rings. The van der Waals surface area contributed by atoms with Crippen LogP contribution in [0.15, 0.2) is 60.8 Å². The molecule has 1 saturated carbocycles. The van der Waals surface area contributed by atoms with E-state index >= 15 is 0 Å². The molecule has 1 aliphatic carbocycles. The molecule has 3 aromatic rings. The molecule has 1 amide bonds. The van der Waals surface area contributed by atoms with Crippen molar-refractivity contribution in [2.45, 2.75) is 57.0 Å². The summed E-state index contributed by atoms with van der Waals surface area (Å²) >= 11 is 0. The summed E-state index contributed by atoms with van der Waals surface area (Å²) in [6.07, 6.45) is 7.95. The number of rotatable bonds is 7. The molecule has 2 aromatic carbocycles. The van der Waals surface area contributed by atoms with Gasteiger partial charge in [-0.1, -0.05) is 48.5 Å². The number of amides is 1. The number of hydrogen-bond donors (Lipinski definition) is 2. The first-order valence-electron chi connectivity index (χ1n) is 11.6. The quantitative estimate of drug-likeness (QED) is 0.483. The fraction of sp³-hybridized carbons (Fsp3) is 0.444. The number of aromatic nitrogens is 1. The SMILES string of the molecule is CC(Cc1c[nH]c2ccccc12)NC(=O)CC1CCC(c2ccccc2)(N(C)C)CC1.Cl. The molecule has 32 heavy (non-hydrogen) atoms. The van der Waals surface area contributed by atoms with E-state index in [0.29, 0.717) is 12.3 Å². The van der Waals surface area contributed by atoms with Gasteiger partial charge in [0.15, 0.2) is 0 Å². The molecule has 5 heteroatoms. The van der Waals surface area contributed by atoms with Crippen molar-refractivity contribution in [1.82, 2.24) is 15.2 Å². The fourth-order valence-corrected chi connectivity index (χ4v) is 5.38. The van der Waals surface area contributed by atoms with Gasteiger partial charge < -0.3 is 10.3 Å². The second-order valence-corrected chi connectivity index (χ2v) is 9.47. The van der Waals surface area contributed by atoms with Crippen molar-refractivity contribution in [3.05, 3.63) is 71.9 Å². The van der Waals surface area contributed by atoms with Gasteiger partial charge in [0, 0.05) is 35.1 Å². The number of fused-ring (bicyclic) bond motifs is 1. The highest BCUT2D eigenvalue weighted by atomic mass is 35.5. The van der Waals surface area contributed by atoms with Crippen molar-refractivity contribution >= 4 is 29.2 Å². The molecule has 0 aliphatic heterocycles. The predicted octanol–water partition coefficient (Wildman–Crippen LogP) is 5.67. The topological polar surface area (TPSA) is 48.1 Å². The zero-order valence-electron chi connectivity index (χ0n) is 19.4. The highest BCUT2D eigenvalue weighted by molar-refractivity contribution is 5.85. The van der Waals surface area contributed by atoms with Gasteiger partial charge in [0.25, 0.3) is 0 Å². The molecule has 0 saturated heterocycles. The average Bonchev–Trinajstić information content (AvgIpc) is 3.17. The van der Waals surface area contributed by atoms with Gasteiger partial charge in [-0.05, 0) is 76.2 Å². The van der Waals surface area contributed by atoms with Crippen LogP contribution in [0.5, 0.6) is 0 Å². The Labute approximate surface area is 198 Å². The first-order chi connectivity index (χ1) is 15.0. The van der Waals surface area contributed by atoms with Crippen LogP contribution in [0.25, 0.3) is 10.9 Å². The lowest BCUT2D eigenvalue weighted by molar-refractivity contribution is -0.123. The van der Waals surface area contributed by atoms with Crippen molar-refractivity contribution < 1.29 is 4.79 Å². The molecule has 172 valence electrons. The van der Waals surface area contributed by atoms with Crippen LogP contribution in [0.1, 0.15) is 50.2 Å². The number of nitrogens with zero attached hydrogens (tertiary/aromatic N) is 1. The van der Waals surface area contributed by atoms with E-state index in [1.807, 2.05) is 6.07 Å². The summed E-state index contributed by atoms with van der Waals surface area (Å²) in [7, 11) is 4.37. The Bertz CT molecular complexity index is 1010. The predicted molar refractivity (Wildman–Crippen MR) is 135 cm³/mol. The monoisotopic (exact) mass is 453 g/mol. The molecule has 1 aliphatic rings. The van der Waals surface area contributed by atoms with Crippen LogP contribution in [0.2, 0.25) is 0 Å². The Morgan fingerprint density at radius 1 is 1.09 bits per heavy atom. The molecular formula is C27H36ClN3O. The van der Waals surface area contributed by atoms with Crippen LogP contribution < -0.4 is 5.32 Å². The minimum atomic E-state index is 0. The van der Waals surface area contributed by atoms with E-state index in [0.717, 1.165) is 37.6 Å². The Morgan fingerprint density at radius 2 is 1.75 bits per heavy atom. The second kappa shape index (κ2) is 10.5. The molecule has 0 bridgehead atoms. The number of halogens is 1. The van der Waals surface area contributed by atoms with E-state index in [4.69, 9.17) is 0 Å². The lowest BCUT2D eigenvalue weighted by Crippen LogP contribution is -2.45. The highest BCUT2D eigenvalue weighted by Crippen LogP contribution is 2.43. The number of benzene rings is 2. The lowest BCUT2D eigenvalue weighted by atomic mass is 9.71. The third-order valence-electron chi connectivity index (χ3n) is 7.18. The molecule has 1 aromatic heterocycles. The van der Waals surface area contributed by atoms with Crippen molar-refractivity contribution in [3.8, 4) is 0 Å². The molecule has 0 spiro atoms. The van der Waals surface area contributed by atoms with E-state index in [2.05, 4.69) is 90.9 Å². The first kappa shape index (κ1) is 24.3. The van der Waals surface area contributed by atoms with Crippen LogP contribution in [0, 0.1) is 5.92 Å². The van der Waals surface area contributed by atoms with Gasteiger partial charge in [-0.25, -0.2) is 0 Å². The number of H-pyrrole nitrogens is 1. The number of carbonyl (C=O) groups is 1. The zero-order chi connectivity index (χ0) is 21.8. The summed E-state index contributed by atoms with van der Waals surface area (Å²) in [5.74, 6) is 0.659. The maximum Gasteiger partial charge on any atom is 0.220 e. The lowest BCUT2D eigenvalue weighted by Gasteiger charge is -2.45. The van der Waals surface area contributed by atoms with Crippen LogP contribution >= 0.6 is 12.4 Å². The van der Waals surface area contributed by atoms with Gasteiger partial charge in [0.2, 0.25) is 5.91 Å². The second-order valence-electron chi connectivity index (χ2n) is 9.47. The van der Waals surface area contributed by atoms with Crippen LogP contribution in [-0.2, 0) is 16.8 Å². The van der Waals surface area contributed by atoms with Crippen LogP contribution in [0.3, 0.4) is 0 Å². The van der Waals surface area contributed by atoms with Crippen LogP contribution in [0.4, 0.5) is 0 Å². The molecule has 1 unspecified atom stereocenters. The van der Waals surface area contributed by atoms with Gasteiger partial charge in [0.1, 0.15) is 0 Å². The van der Waals surface area contributed by atoms with Crippen molar-refractivity contribution in [1.29, 1.82) is 0 Å². The van der Waals surface area contributed by atoms with E-state index in [9.17, 15) is 4.79 Å². The fourth-order valence-electron chi connectivity index (χ4n) is 5.38. The Kier molecular flexibility index (Phi) is 8.02. The minimum absolute atomic E-state index is 0. The minimum Gasteiger partial charge on any atom is -0.361 e. The van der Waals surface area contributed by atoms with Gasteiger partial charge in [-0.2, -0.15) is 0 Å². The highest BCUT2D eigenvalue weighted by Gasteiger charge is 2.39. The summed E-state index contributed by atoms with van der Waals surface area (Å²) in [6.45, 7) is 2.10. The summed E-state index contributed by atoms with van der Waals surface area (Å²) in [4.78, 5) is 18.5. The number of hydrogen-bond acceptors (Lipinski definition) is 2. The van der Waals surface area contributed by atoms with Gasteiger partial charge in [-0.15, -0.1) is 12.4 Å². The number of aromatic amines is 1. The Morgan fingerprint density at radius 3 is 2.44 bits per heavy atom. The van der Waals surface area contributed by atoms with Gasteiger partial charge in [-0.3, -0.25) is 9.69 Å². The third-order valence-corrected chi connectivity index (χ3v) is 7.18. The third kappa shape index (κ3) is 5.19. The molecule has 2 N–H and O–H groups in total. The van der Waals surface area contributed by atoms with Crippen molar-refractivity contribution in [2.75, 3.05) is 14.1 Å². The maximum atomic E-state index is 12.7. The molecule has 4 rings (SSSR count). The normalized spacial score (nSPS) is 21.8. The Hall–Kier alpha value is -2.30. The van der Waals surface area contributed by atoms with E-state index in [1.54, 1.807) is 0 Å². The van der Waals surface area contributed by atoms with Crippen molar-refractivity contribution in [2.24, 2.45) is 5.92 Å². The molecule has 1 heterocycles. The zero-order valence-corrected chi connectivity index (χ0v) is 20.3.